The van der Waals surface area contributed by atoms with Crippen molar-refractivity contribution >= 4 is 5.91 Å². The molecule has 0 aromatic carbocycles. The lowest BCUT2D eigenvalue weighted by Gasteiger charge is -2.18. The van der Waals surface area contributed by atoms with E-state index < -0.39 is 0 Å². The van der Waals surface area contributed by atoms with Gasteiger partial charge in [-0.25, -0.2) is 0 Å². The molecule has 64 valence electrons. The fourth-order valence-corrected chi connectivity index (χ4v) is 1.66. The molecular formula is C9H17NO. The van der Waals surface area contributed by atoms with Gasteiger partial charge in [0.05, 0.1) is 0 Å². The summed E-state index contributed by atoms with van der Waals surface area (Å²) in [5, 5.41) is 0. The van der Waals surface area contributed by atoms with Crippen molar-refractivity contribution in [3.05, 3.63) is 0 Å². The first kappa shape index (κ1) is 8.57. The lowest BCUT2D eigenvalue weighted by atomic mass is 9.93. The summed E-state index contributed by atoms with van der Waals surface area (Å²) in [4.78, 5) is 13.3. The van der Waals surface area contributed by atoms with Gasteiger partial charge in [-0.05, 0) is 11.8 Å². The molecule has 1 aliphatic heterocycles. The van der Waals surface area contributed by atoms with Crippen LogP contribution in [-0.2, 0) is 4.79 Å². The average molecular weight is 155 g/mol. The van der Waals surface area contributed by atoms with Crippen LogP contribution in [0.25, 0.3) is 0 Å². The van der Waals surface area contributed by atoms with E-state index in [0.29, 0.717) is 5.91 Å². The van der Waals surface area contributed by atoms with Crippen LogP contribution in [0.1, 0.15) is 33.6 Å². The highest BCUT2D eigenvalue weighted by Gasteiger charge is 2.34. The van der Waals surface area contributed by atoms with Crippen LogP contribution in [0.3, 0.4) is 0 Å². The van der Waals surface area contributed by atoms with E-state index in [1.54, 1.807) is 0 Å². The quantitative estimate of drug-likeness (QED) is 0.594. The maximum atomic E-state index is 11.3. The van der Waals surface area contributed by atoms with Crippen LogP contribution >= 0.6 is 0 Å². The largest absolute Gasteiger partial charge is 0.342 e. The van der Waals surface area contributed by atoms with Crippen LogP contribution in [0.5, 0.6) is 0 Å². The summed E-state index contributed by atoms with van der Waals surface area (Å²) in [6.45, 7) is 8.29. The summed E-state index contributed by atoms with van der Waals surface area (Å²) in [7, 11) is 0. The van der Waals surface area contributed by atoms with Gasteiger partial charge in [-0.3, -0.25) is 4.79 Å². The summed E-state index contributed by atoms with van der Waals surface area (Å²) in [5.41, 5.74) is 0.215. The van der Waals surface area contributed by atoms with Gasteiger partial charge in [-0.1, -0.05) is 20.8 Å². The zero-order chi connectivity index (χ0) is 8.48. The maximum absolute atomic E-state index is 11.3. The minimum absolute atomic E-state index is 0.215. The molecule has 0 radical (unpaired) electrons. The second kappa shape index (κ2) is 2.84. The molecule has 1 fully saturated rings. The molecule has 0 saturated carbocycles. The third-order valence-corrected chi connectivity index (χ3v) is 2.09. The molecule has 2 nitrogen and oxygen atoms in total. The molecule has 0 aromatic rings. The van der Waals surface area contributed by atoms with E-state index in [4.69, 9.17) is 0 Å². The number of amides is 1. The molecule has 1 aliphatic rings. The van der Waals surface area contributed by atoms with E-state index in [0.717, 1.165) is 25.9 Å². The molecule has 2 heteroatoms. The van der Waals surface area contributed by atoms with Crippen LogP contribution < -0.4 is 0 Å². The molecule has 1 saturated heterocycles. The Morgan fingerprint density at radius 2 is 2.18 bits per heavy atom. The molecular weight excluding hydrogens is 138 g/mol. The summed E-state index contributed by atoms with van der Waals surface area (Å²) in [5.74, 6) is 0.330. The molecule has 1 rings (SSSR count). The summed E-state index contributed by atoms with van der Waals surface area (Å²) < 4.78 is 0. The van der Waals surface area contributed by atoms with Crippen molar-refractivity contribution in [2.45, 2.75) is 33.6 Å². The minimum atomic E-state index is 0.215. The molecule has 0 N–H and O–H groups in total. The van der Waals surface area contributed by atoms with Gasteiger partial charge in [0.2, 0.25) is 5.91 Å². The average Bonchev–Trinajstić information content (AvgIpc) is 2.07. The molecule has 0 atom stereocenters. The number of rotatable bonds is 2. The van der Waals surface area contributed by atoms with Crippen molar-refractivity contribution in [1.82, 2.24) is 4.90 Å². The van der Waals surface area contributed by atoms with E-state index in [1.807, 2.05) is 4.90 Å². The van der Waals surface area contributed by atoms with Crippen LogP contribution in [0.2, 0.25) is 0 Å². The van der Waals surface area contributed by atoms with Crippen molar-refractivity contribution in [2.75, 3.05) is 13.1 Å². The number of likely N-dealkylation sites (tertiary alicyclic amines) is 1. The van der Waals surface area contributed by atoms with Gasteiger partial charge in [0.25, 0.3) is 0 Å². The van der Waals surface area contributed by atoms with E-state index in [9.17, 15) is 4.79 Å². The second-order valence-electron chi connectivity index (χ2n) is 4.16. The third kappa shape index (κ3) is 1.95. The summed E-state index contributed by atoms with van der Waals surface area (Å²) in [6.07, 6.45) is 1.80. The lowest BCUT2D eigenvalue weighted by molar-refractivity contribution is -0.127. The Bertz CT molecular complexity index is 163. The van der Waals surface area contributed by atoms with Gasteiger partial charge >= 0.3 is 0 Å². The zero-order valence-electron chi connectivity index (χ0n) is 7.68. The van der Waals surface area contributed by atoms with Gasteiger partial charge in [-0.2, -0.15) is 0 Å². The Morgan fingerprint density at radius 1 is 1.55 bits per heavy atom. The van der Waals surface area contributed by atoms with Crippen molar-refractivity contribution in [1.29, 1.82) is 0 Å². The Hall–Kier alpha value is -0.530. The van der Waals surface area contributed by atoms with Crippen LogP contribution in [-0.4, -0.2) is 23.9 Å². The van der Waals surface area contributed by atoms with E-state index in [1.165, 1.54) is 0 Å². The maximum Gasteiger partial charge on any atom is 0.223 e. The normalized spacial score (nSPS) is 22.8. The number of carbonyl (C=O) groups is 1. The van der Waals surface area contributed by atoms with E-state index in [-0.39, 0.29) is 5.41 Å². The van der Waals surface area contributed by atoms with Crippen LogP contribution in [0.15, 0.2) is 0 Å². The first-order chi connectivity index (χ1) is 5.05. The fourth-order valence-electron chi connectivity index (χ4n) is 1.66. The van der Waals surface area contributed by atoms with Crippen LogP contribution in [0.4, 0.5) is 0 Å². The highest BCUT2D eigenvalue weighted by Crippen LogP contribution is 2.29. The van der Waals surface area contributed by atoms with Gasteiger partial charge in [0.15, 0.2) is 0 Å². The molecule has 0 bridgehead atoms. The highest BCUT2D eigenvalue weighted by molar-refractivity contribution is 5.79. The Labute approximate surface area is 68.6 Å². The van der Waals surface area contributed by atoms with Gasteiger partial charge in [0, 0.05) is 19.5 Å². The summed E-state index contributed by atoms with van der Waals surface area (Å²) >= 11 is 0. The van der Waals surface area contributed by atoms with Crippen molar-refractivity contribution in [3.63, 3.8) is 0 Å². The minimum Gasteiger partial charge on any atom is -0.342 e. The molecule has 0 spiro atoms. The van der Waals surface area contributed by atoms with Crippen molar-refractivity contribution in [3.8, 4) is 0 Å². The van der Waals surface area contributed by atoms with Crippen molar-refractivity contribution in [2.24, 2.45) is 5.41 Å². The lowest BCUT2D eigenvalue weighted by Crippen LogP contribution is -2.27. The third-order valence-electron chi connectivity index (χ3n) is 2.09. The molecule has 11 heavy (non-hydrogen) atoms. The predicted molar refractivity (Wildman–Crippen MR) is 45.3 cm³/mol. The van der Waals surface area contributed by atoms with Gasteiger partial charge < -0.3 is 4.90 Å². The second-order valence-corrected chi connectivity index (χ2v) is 4.16. The molecule has 0 aliphatic carbocycles. The summed E-state index contributed by atoms with van der Waals surface area (Å²) in [6, 6.07) is 0. The smallest absolute Gasteiger partial charge is 0.223 e. The molecule has 0 unspecified atom stereocenters. The molecule has 0 aromatic heterocycles. The number of carbonyl (C=O) groups excluding carboxylic acids is 1. The van der Waals surface area contributed by atoms with Crippen molar-refractivity contribution < 1.29 is 4.79 Å². The molecule has 1 amide bonds. The van der Waals surface area contributed by atoms with E-state index >= 15 is 0 Å². The van der Waals surface area contributed by atoms with Gasteiger partial charge in [-0.15, -0.1) is 0 Å². The standard InChI is InChI=1S/C9H17NO/c1-4-5-10-7-9(2,3)6-8(10)11/h4-7H2,1-3H3. The first-order valence-electron chi connectivity index (χ1n) is 4.33. The number of nitrogens with zero attached hydrogens (tertiary/aromatic N) is 1. The highest BCUT2D eigenvalue weighted by atomic mass is 16.2. The zero-order valence-corrected chi connectivity index (χ0v) is 7.68. The number of hydrogen-bond donors (Lipinski definition) is 0. The predicted octanol–water partition coefficient (Wildman–Crippen LogP) is 1.65. The SMILES string of the molecule is CCCN1CC(C)(C)CC1=O. The van der Waals surface area contributed by atoms with E-state index in [2.05, 4.69) is 20.8 Å². The Kier molecular flexibility index (Phi) is 2.21. The van der Waals surface area contributed by atoms with Gasteiger partial charge in [0.1, 0.15) is 0 Å². The first-order valence-corrected chi connectivity index (χ1v) is 4.33. The topological polar surface area (TPSA) is 20.3 Å². The molecule has 1 heterocycles. The number of hydrogen-bond acceptors (Lipinski definition) is 1. The van der Waals surface area contributed by atoms with Crippen LogP contribution in [0, 0.1) is 5.41 Å². The monoisotopic (exact) mass is 155 g/mol. The Balaban J connectivity index is 2.52. The Morgan fingerprint density at radius 3 is 2.55 bits per heavy atom. The fraction of sp³-hybridized carbons (Fsp3) is 0.889.